The molecule has 0 saturated carbocycles. The minimum absolute atomic E-state index is 0.169. The number of ether oxygens (including phenoxy) is 2. The number of aliphatic hydroxyl groups is 1. The Morgan fingerprint density at radius 1 is 0.434 bits per heavy atom. The van der Waals surface area contributed by atoms with E-state index in [1.165, 1.54) is 218 Å². The highest BCUT2D eigenvalue weighted by atomic mass is 16.6. The van der Waals surface area contributed by atoms with Gasteiger partial charge < -0.3 is 14.6 Å². The number of aliphatic hydroxyl groups excluding tert-OH is 1. The van der Waals surface area contributed by atoms with E-state index in [1.807, 2.05) is 0 Å². The van der Waals surface area contributed by atoms with Gasteiger partial charge in [-0.05, 0) is 64.2 Å². The molecule has 0 aromatic carbocycles. The van der Waals surface area contributed by atoms with Crippen molar-refractivity contribution < 1.29 is 19.4 Å². The maximum Gasteiger partial charge on any atom is 0.306 e. The first kappa shape index (κ1) is 51.9. The van der Waals surface area contributed by atoms with Crippen LogP contribution in [-0.2, 0) is 14.3 Å². The second-order valence-electron chi connectivity index (χ2n) is 16.2. The van der Waals surface area contributed by atoms with Crippen molar-refractivity contribution in [1.82, 2.24) is 0 Å². The molecule has 0 aromatic heterocycles. The molecule has 0 aliphatic carbocycles. The molecule has 1 unspecified atom stereocenters. The normalized spacial score (nSPS) is 12.4. The second-order valence-corrected chi connectivity index (χ2v) is 16.2. The lowest BCUT2D eigenvalue weighted by Gasteiger charge is -2.16. The molecule has 1 N–H and O–H groups in total. The number of hydrogen-bond acceptors (Lipinski definition) is 4. The molecule has 0 bridgehead atoms. The summed E-state index contributed by atoms with van der Waals surface area (Å²) in [5.41, 5.74) is 0. The van der Waals surface area contributed by atoms with Crippen LogP contribution in [0.4, 0.5) is 0 Å². The summed E-state index contributed by atoms with van der Waals surface area (Å²) in [6, 6.07) is 0. The molecule has 0 heterocycles. The number of hydrogen-bond donors (Lipinski definition) is 1. The SMILES string of the molecule is CCCCCCCC/C=C\CCCCCCCCCCCCOCC(CO)OC(=O)CCCCCCCCCCC/C=C\CCCCCCCCCC. The van der Waals surface area contributed by atoms with Gasteiger partial charge in [-0.3, -0.25) is 4.79 Å². The Balaban J connectivity index is 3.39. The van der Waals surface area contributed by atoms with E-state index < -0.39 is 6.10 Å². The van der Waals surface area contributed by atoms with Crippen molar-refractivity contribution in [3.8, 4) is 0 Å². The zero-order valence-corrected chi connectivity index (χ0v) is 36.1. The van der Waals surface area contributed by atoms with E-state index in [1.54, 1.807) is 0 Å². The van der Waals surface area contributed by atoms with Crippen LogP contribution in [0.15, 0.2) is 24.3 Å². The van der Waals surface area contributed by atoms with Crippen LogP contribution in [-0.4, -0.2) is 37.0 Å². The first-order chi connectivity index (χ1) is 26.2. The van der Waals surface area contributed by atoms with Gasteiger partial charge in [0, 0.05) is 13.0 Å². The van der Waals surface area contributed by atoms with Crippen LogP contribution in [0.1, 0.15) is 258 Å². The molecule has 0 aliphatic heterocycles. The van der Waals surface area contributed by atoms with Crippen LogP contribution in [0.2, 0.25) is 0 Å². The maximum absolute atomic E-state index is 12.2. The first-order valence-corrected chi connectivity index (χ1v) is 23.9. The van der Waals surface area contributed by atoms with Gasteiger partial charge in [0.15, 0.2) is 0 Å². The molecule has 0 saturated heterocycles. The van der Waals surface area contributed by atoms with E-state index in [-0.39, 0.29) is 12.6 Å². The molecule has 1 atom stereocenters. The van der Waals surface area contributed by atoms with Gasteiger partial charge in [-0.15, -0.1) is 0 Å². The summed E-state index contributed by atoms with van der Waals surface area (Å²) in [4.78, 5) is 12.2. The summed E-state index contributed by atoms with van der Waals surface area (Å²) in [5.74, 6) is -0.199. The molecule has 4 heteroatoms. The minimum atomic E-state index is -0.533. The predicted molar refractivity (Wildman–Crippen MR) is 233 cm³/mol. The number of carbonyl (C=O) groups excluding carboxylic acids is 1. The Kier molecular flexibility index (Phi) is 46.0. The van der Waals surface area contributed by atoms with Gasteiger partial charge in [-0.2, -0.15) is 0 Å². The highest BCUT2D eigenvalue weighted by Gasteiger charge is 2.13. The van der Waals surface area contributed by atoms with E-state index >= 15 is 0 Å². The highest BCUT2D eigenvalue weighted by molar-refractivity contribution is 5.69. The largest absolute Gasteiger partial charge is 0.457 e. The number of unbranched alkanes of at least 4 members (excludes halogenated alkanes) is 33. The number of esters is 1. The molecule has 0 aliphatic rings. The third-order valence-corrected chi connectivity index (χ3v) is 10.7. The van der Waals surface area contributed by atoms with Crippen LogP contribution < -0.4 is 0 Å². The Morgan fingerprint density at radius 3 is 1.08 bits per heavy atom. The van der Waals surface area contributed by atoms with Crippen LogP contribution in [0.3, 0.4) is 0 Å². The number of rotatable bonds is 45. The summed E-state index contributed by atoms with van der Waals surface area (Å²) < 4.78 is 11.2. The van der Waals surface area contributed by atoms with Gasteiger partial charge in [-0.25, -0.2) is 0 Å². The van der Waals surface area contributed by atoms with Crippen molar-refractivity contribution in [2.45, 2.75) is 264 Å². The molecule has 0 spiro atoms. The average Bonchev–Trinajstić information content (AvgIpc) is 3.16. The Morgan fingerprint density at radius 2 is 0.736 bits per heavy atom. The fourth-order valence-electron chi connectivity index (χ4n) is 7.14. The smallest absolute Gasteiger partial charge is 0.306 e. The van der Waals surface area contributed by atoms with Crippen LogP contribution in [0.25, 0.3) is 0 Å². The molecule has 0 amide bonds. The third-order valence-electron chi connectivity index (χ3n) is 10.7. The summed E-state index contributed by atoms with van der Waals surface area (Å²) in [5, 5.41) is 9.63. The van der Waals surface area contributed by atoms with Crippen LogP contribution in [0, 0.1) is 0 Å². The van der Waals surface area contributed by atoms with Crippen molar-refractivity contribution in [2.24, 2.45) is 0 Å². The fraction of sp³-hybridized carbons (Fsp3) is 0.898. The van der Waals surface area contributed by atoms with Crippen molar-refractivity contribution in [1.29, 1.82) is 0 Å². The number of allylic oxidation sites excluding steroid dienone is 4. The van der Waals surface area contributed by atoms with Crippen molar-refractivity contribution in [3.05, 3.63) is 24.3 Å². The van der Waals surface area contributed by atoms with E-state index in [4.69, 9.17) is 9.47 Å². The average molecular weight is 747 g/mol. The molecular weight excluding hydrogens is 653 g/mol. The van der Waals surface area contributed by atoms with Gasteiger partial charge in [0.1, 0.15) is 6.10 Å². The van der Waals surface area contributed by atoms with Crippen molar-refractivity contribution >= 4 is 5.97 Å². The maximum atomic E-state index is 12.2. The van der Waals surface area contributed by atoms with Gasteiger partial charge in [0.2, 0.25) is 0 Å². The van der Waals surface area contributed by atoms with Gasteiger partial charge in [-0.1, -0.05) is 212 Å². The molecule has 0 radical (unpaired) electrons. The Bertz CT molecular complexity index is 747. The van der Waals surface area contributed by atoms with Gasteiger partial charge in [0.25, 0.3) is 0 Å². The van der Waals surface area contributed by atoms with E-state index in [2.05, 4.69) is 38.2 Å². The zero-order chi connectivity index (χ0) is 38.4. The summed E-state index contributed by atoms with van der Waals surface area (Å²) in [6.07, 6.45) is 58.3. The van der Waals surface area contributed by atoms with E-state index in [0.717, 1.165) is 19.3 Å². The zero-order valence-electron chi connectivity index (χ0n) is 36.1. The minimum Gasteiger partial charge on any atom is -0.457 e. The van der Waals surface area contributed by atoms with Gasteiger partial charge in [0.05, 0.1) is 13.2 Å². The summed E-state index contributed by atoms with van der Waals surface area (Å²) in [6.45, 7) is 5.38. The summed E-state index contributed by atoms with van der Waals surface area (Å²) in [7, 11) is 0. The fourth-order valence-corrected chi connectivity index (χ4v) is 7.14. The van der Waals surface area contributed by atoms with Crippen LogP contribution in [0.5, 0.6) is 0 Å². The lowest BCUT2D eigenvalue weighted by Crippen LogP contribution is -2.27. The van der Waals surface area contributed by atoms with E-state index in [0.29, 0.717) is 19.6 Å². The molecule has 53 heavy (non-hydrogen) atoms. The molecule has 4 nitrogen and oxygen atoms in total. The highest BCUT2D eigenvalue weighted by Crippen LogP contribution is 2.15. The van der Waals surface area contributed by atoms with E-state index in [9.17, 15) is 9.90 Å². The molecule has 314 valence electrons. The molecule has 0 aromatic rings. The lowest BCUT2D eigenvalue weighted by atomic mass is 10.1. The summed E-state index contributed by atoms with van der Waals surface area (Å²) >= 11 is 0. The molecule has 0 rings (SSSR count). The third kappa shape index (κ3) is 45.2. The topological polar surface area (TPSA) is 55.8 Å². The Hall–Kier alpha value is -1.13. The molecular formula is C49H94O4. The second kappa shape index (κ2) is 47.0. The first-order valence-electron chi connectivity index (χ1n) is 23.9. The quantitative estimate of drug-likeness (QED) is 0.0383. The predicted octanol–water partition coefficient (Wildman–Crippen LogP) is 15.9. The molecule has 0 fully saturated rings. The standard InChI is InChI=1S/C49H94O4/c1-3-5-7-9-11-13-15-17-19-21-23-25-26-28-30-32-34-36-38-40-42-44-49(51)53-48(46-50)47-52-45-43-41-39-37-35-33-31-29-27-24-22-20-18-16-14-12-10-8-6-4-2/h18,20-21,23,48,50H,3-17,19,22,24-47H2,1-2H3/b20-18-,23-21-. The lowest BCUT2D eigenvalue weighted by molar-refractivity contribution is -0.154. The van der Waals surface area contributed by atoms with Crippen molar-refractivity contribution in [3.63, 3.8) is 0 Å². The van der Waals surface area contributed by atoms with Crippen LogP contribution >= 0.6 is 0 Å². The van der Waals surface area contributed by atoms with Crippen molar-refractivity contribution in [2.75, 3.05) is 19.8 Å². The number of carbonyl (C=O) groups is 1. The monoisotopic (exact) mass is 747 g/mol. The Labute approximate surface area is 332 Å². The van der Waals surface area contributed by atoms with Gasteiger partial charge >= 0.3 is 5.97 Å².